The van der Waals surface area contributed by atoms with Crippen molar-refractivity contribution < 1.29 is 9.90 Å². The standard InChI is InChI=1S/C9H18N2O2/c1-7(12)5-10-9(13)11-6-8-3-2-4-8/h7-8,12H,2-6H2,1H3,(H2,10,11,13). The van der Waals surface area contributed by atoms with Crippen LogP contribution in [0.1, 0.15) is 26.2 Å². The third kappa shape index (κ3) is 4.12. The fourth-order valence-corrected chi connectivity index (χ4v) is 1.24. The lowest BCUT2D eigenvalue weighted by molar-refractivity contribution is 0.186. The minimum absolute atomic E-state index is 0.173. The summed E-state index contributed by atoms with van der Waals surface area (Å²) < 4.78 is 0. The monoisotopic (exact) mass is 186 g/mol. The first-order valence-electron chi connectivity index (χ1n) is 4.88. The second kappa shape index (κ2) is 5.07. The lowest BCUT2D eigenvalue weighted by Crippen LogP contribution is -2.41. The maximum Gasteiger partial charge on any atom is 0.314 e. The lowest BCUT2D eigenvalue weighted by Gasteiger charge is -2.25. The van der Waals surface area contributed by atoms with Gasteiger partial charge in [0.25, 0.3) is 0 Å². The van der Waals surface area contributed by atoms with E-state index in [0.717, 1.165) is 6.54 Å². The van der Waals surface area contributed by atoms with Crippen molar-refractivity contribution in [2.45, 2.75) is 32.3 Å². The molecule has 76 valence electrons. The average molecular weight is 186 g/mol. The predicted octanol–water partition coefficient (Wildman–Crippen LogP) is 0.466. The van der Waals surface area contributed by atoms with Gasteiger partial charge in [0, 0.05) is 13.1 Å². The van der Waals surface area contributed by atoms with Gasteiger partial charge < -0.3 is 15.7 Å². The molecule has 1 atom stereocenters. The molecule has 3 N–H and O–H groups in total. The molecule has 13 heavy (non-hydrogen) atoms. The number of amides is 2. The van der Waals surface area contributed by atoms with Gasteiger partial charge in [-0.3, -0.25) is 0 Å². The van der Waals surface area contributed by atoms with Crippen LogP contribution in [-0.4, -0.2) is 30.3 Å². The number of aliphatic hydroxyl groups excluding tert-OH is 1. The van der Waals surface area contributed by atoms with Gasteiger partial charge in [-0.2, -0.15) is 0 Å². The number of carbonyl (C=O) groups is 1. The van der Waals surface area contributed by atoms with E-state index in [-0.39, 0.29) is 6.03 Å². The normalized spacial score (nSPS) is 18.9. The molecule has 1 aliphatic carbocycles. The minimum Gasteiger partial charge on any atom is -0.392 e. The predicted molar refractivity (Wildman–Crippen MR) is 50.4 cm³/mol. The summed E-state index contributed by atoms with van der Waals surface area (Å²) in [6.45, 7) is 2.73. The molecule has 1 fully saturated rings. The molecule has 0 aromatic rings. The lowest BCUT2D eigenvalue weighted by atomic mass is 9.85. The zero-order valence-electron chi connectivity index (χ0n) is 8.05. The summed E-state index contributed by atoms with van der Waals surface area (Å²) in [5.74, 6) is 0.678. The molecule has 0 saturated heterocycles. The Labute approximate surface area is 78.7 Å². The quantitative estimate of drug-likeness (QED) is 0.597. The Morgan fingerprint density at radius 2 is 2.23 bits per heavy atom. The molecule has 1 saturated carbocycles. The van der Waals surface area contributed by atoms with E-state index < -0.39 is 6.10 Å². The van der Waals surface area contributed by atoms with Crippen LogP contribution in [0, 0.1) is 5.92 Å². The van der Waals surface area contributed by atoms with Crippen molar-refractivity contribution >= 4 is 6.03 Å². The molecule has 2 amide bonds. The van der Waals surface area contributed by atoms with Crippen LogP contribution < -0.4 is 10.6 Å². The number of hydrogen-bond acceptors (Lipinski definition) is 2. The zero-order valence-corrected chi connectivity index (χ0v) is 8.05. The first-order chi connectivity index (χ1) is 6.18. The van der Waals surface area contributed by atoms with Crippen LogP contribution in [0.3, 0.4) is 0 Å². The van der Waals surface area contributed by atoms with Gasteiger partial charge in [0.15, 0.2) is 0 Å². The molecule has 1 unspecified atom stereocenters. The number of carbonyl (C=O) groups excluding carboxylic acids is 1. The van der Waals surface area contributed by atoms with Gasteiger partial charge >= 0.3 is 6.03 Å². The fourth-order valence-electron chi connectivity index (χ4n) is 1.24. The van der Waals surface area contributed by atoms with E-state index in [2.05, 4.69) is 10.6 Å². The van der Waals surface area contributed by atoms with E-state index >= 15 is 0 Å². The molecule has 1 rings (SSSR count). The number of hydrogen-bond donors (Lipinski definition) is 3. The molecule has 0 spiro atoms. The highest BCUT2D eigenvalue weighted by atomic mass is 16.3. The van der Waals surface area contributed by atoms with E-state index in [0.29, 0.717) is 12.5 Å². The van der Waals surface area contributed by atoms with Gasteiger partial charge in [0.05, 0.1) is 6.10 Å². The Kier molecular flexibility index (Phi) is 4.02. The van der Waals surface area contributed by atoms with Crippen LogP contribution >= 0.6 is 0 Å². The molecular formula is C9H18N2O2. The van der Waals surface area contributed by atoms with Crippen molar-refractivity contribution in [3.8, 4) is 0 Å². The third-order valence-electron chi connectivity index (χ3n) is 2.33. The van der Waals surface area contributed by atoms with E-state index in [9.17, 15) is 4.79 Å². The van der Waals surface area contributed by atoms with Gasteiger partial charge in [0.2, 0.25) is 0 Å². The van der Waals surface area contributed by atoms with Crippen LogP contribution in [0.2, 0.25) is 0 Å². The average Bonchev–Trinajstić information content (AvgIpc) is 1.98. The van der Waals surface area contributed by atoms with Crippen molar-refractivity contribution in [1.82, 2.24) is 10.6 Å². The first-order valence-corrected chi connectivity index (χ1v) is 4.88. The molecule has 4 nitrogen and oxygen atoms in total. The van der Waals surface area contributed by atoms with E-state index in [1.165, 1.54) is 19.3 Å². The van der Waals surface area contributed by atoms with Crippen molar-refractivity contribution in [3.05, 3.63) is 0 Å². The molecule has 0 radical (unpaired) electrons. The van der Waals surface area contributed by atoms with Crippen LogP contribution in [-0.2, 0) is 0 Å². The summed E-state index contributed by atoms with van der Waals surface area (Å²) in [6, 6.07) is -0.173. The third-order valence-corrected chi connectivity index (χ3v) is 2.33. The molecule has 0 bridgehead atoms. The highest BCUT2D eigenvalue weighted by Crippen LogP contribution is 2.24. The summed E-state index contributed by atoms with van der Waals surface area (Å²) in [4.78, 5) is 11.1. The van der Waals surface area contributed by atoms with Gasteiger partial charge in [0.1, 0.15) is 0 Å². The van der Waals surface area contributed by atoms with Gasteiger partial charge in [-0.15, -0.1) is 0 Å². The summed E-state index contributed by atoms with van der Waals surface area (Å²) in [6.07, 6.45) is 3.28. The van der Waals surface area contributed by atoms with Crippen molar-refractivity contribution in [3.63, 3.8) is 0 Å². The summed E-state index contributed by atoms with van der Waals surface area (Å²) in [5.41, 5.74) is 0. The van der Waals surface area contributed by atoms with E-state index in [4.69, 9.17) is 5.11 Å². The van der Waals surface area contributed by atoms with E-state index in [1.807, 2.05) is 0 Å². The fraction of sp³-hybridized carbons (Fsp3) is 0.889. The maximum absolute atomic E-state index is 11.1. The highest BCUT2D eigenvalue weighted by Gasteiger charge is 2.17. The van der Waals surface area contributed by atoms with Crippen LogP contribution in [0.25, 0.3) is 0 Å². The van der Waals surface area contributed by atoms with Crippen LogP contribution in [0.15, 0.2) is 0 Å². The van der Waals surface area contributed by atoms with Crippen molar-refractivity contribution in [2.24, 2.45) is 5.92 Å². The molecule has 4 heteroatoms. The molecular weight excluding hydrogens is 168 g/mol. The molecule has 1 aliphatic rings. The van der Waals surface area contributed by atoms with Crippen LogP contribution in [0.4, 0.5) is 4.79 Å². The van der Waals surface area contributed by atoms with Gasteiger partial charge in [-0.1, -0.05) is 6.42 Å². The highest BCUT2D eigenvalue weighted by molar-refractivity contribution is 5.73. The van der Waals surface area contributed by atoms with Crippen molar-refractivity contribution in [1.29, 1.82) is 0 Å². The van der Waals surface area contributed by atoms with Gasteiger partial charge in [-0.25, -0.2) is 4.79 Å². The molecule has 0 aliphatic heterocycles. The second-order valence-electron chi connectivity index (χ2n) is 3.74. The molecule has 0 aromatic heterocycles. The molecule has 0 heterocycles. The number of urea groups is 1. The Morgan fingerprint density at radius 1 is 1.54 bits per heavy atom. The topological polar surface area (TPSA) is 61.4 Å². The largest absolute Gasteiger partial charge is 0.392 e. The smallest absolute Gasteiger partial charge is 0.314 e. The summed E-state index contributed by atoms with van der Waals surface area (Å²) in [7, 11) is 0. The second-order valence-corrected chi connectivity index (χ2v) is 3.74. The zero-order chi connectivity index (χ0) is 9.68. The summed E-state index contributed by atoms with van der Waals surface area (Å²) in [5, 5.41) is 14.3. The Balaban J connectivity index is 1.97. The summed E-state index contributed by atoms with van der Waals surface area (Å²) >= 11 is 0. The van der Waals surface area contributed by atoms with Crippen LogP contribution in [0.5, 0.6) is 0 Å². The Morgan fingerprint density at radius 3 is 2.69 bits per heavy atom. The Hall–Kier alpha value is -0.770. The first kappa shape index (κ1) is 10.3. The molecule has 0 aromatic carbocycles. The van der Waals surface area contributed by atoms with E-state index in [1.54, 1.807) is 6.92 Å². The number of rotatable bonds is 4. The SMILES string of the molecule is CC(O)CNC(=O)NCC1CCC1. The van der Waals surface area contributed by atoms with Gasteiger partial charge in [-0.05, 0) is 25.7 Å². The number of aliphatic hydroxyl groups is 1. The number of nitrogens with one attached hydrogen (secondary N) is 2. The van der Waals surface area contributed by atoms with Crippen molar-refractivity contribution in [2.75, 3.05) is 13.1 Å². The maximum atomic E-state index is 11.1. The minimum atomic E-state index is -0.477. The Bertz CT molecular complexity index is 167.